The molecular weight excluding hydrogens is 404 g/mol. The van der Waals surface area contributed by atoms with Crippen molar-refractivity contribution in [1.29, 1.82) is 0 Å². The predicted octanol–water partition coefficient (Wildman–Crippen LogP) is 5.29. The number of thioether (sulfide) groups is 1. The lowest BCUT2D eigenvalue weighted by molar-refractivity contribution is 0.102. The van der Waals surface area contributed by atoms with Crippen LogP contribution in [0.2, 0.25) is 0 Å². The predicted molar refractivity (Wildman–Crippen MR) is 116 cm³/mol. The van der Waals surface area contributed by atoms with E-state index in [0.717, 1.165) is 32.2 Å². The Morgan fingerprint density at radius 3 is 2.59 bits per heavy atom. The topological polar surface area (TPSA) is 80.0 Å². The number of nitrogens with zero attached hydrogens (tertiary/aromatic N) is 2. The zero-order chi connectivity index (χ0) is 19.9. The minimum absolute atomic E-state index is 0.119. The quantitative estimate of drug-likeness (QED) is 0.376. The molecule has 146 valence electrons. The number of amides is 1. The van der Waals surface area contributed by atoms with E-state index in [2.05, 4.69) is 20.8 Å². The van der Waals surface area contributed by atoms with E-state index in [0.29, 0.717) is 12.1 Å². The van der Waals surface area contributed by atoms with Gasteiger partial charge in [0.1, 0.15) is 5.76 Å². The molecular formula is C21H18N4O2S2. The van der Waals surface area contributed by atoms with E-state index < -0.39 is 0 Å². The van der Waals surface area contributed by atoms with Gasteiger partial charge in [-0.2, -0.15) is 0 Å². The Kier molecular flexibility index (Phi) is 6.23. The first-order valence-electron chi connectivity index (χ1n) is 8.94. The summed E-state index contributed by atoms with van der Waals surface area (Å²) in [6.45, 7) is 0.582. The number of hydrogen-bond donors (Lipinski definition) is 2. The Labute approximate surface area is 176 Å². The largest absolute Gasteiger partial charge is 0.467 e. The van der Waals surface area contributed by atoms with Crippen molar-refractivity contribution < 1.29 is 9.21 Å². The Balaban J connectivity index is 1.27. The fourth-order valence-electron chi connectivity index (χ4n) is 2.54. The molecule has 2 aromatic heterocycles. The third kappa shape index (κ3) is 5.46. The fourth-order valence-corrected chi connectivity index (χ4v) is 4.24. The van der Waals surface area contributed by atoms with Crippen molar-refractivity contribution >= 4 is 39.8 Å². The summed E-state index contributed by atoms with van der Waals surface area (Å²) in [6, 6.07) is 20.8. The van der Waals surface area contributed by atoms with E-state index in [1.807, 2.05) is 66.7 Å². The SMILES string of the molecule is O=C(Nc1ccccc1)c1ccc(CSc2nnc(NCc3ccco3)s2)cc1. The summed E-state index contributed by atoms with van der Waals surface area (Å²) in [5.41, 5.74) is 2.53. The molecule has 2 aromatic carbocycles. The number of benzene rings is 2. The Hall–Kier alpha value is -3.10. The van der Waals surface area contributed by atoms with Crippen molar-refractivity contribution in [2.75, 3.05) is 10.6 Å². The number of furan rings is 1. The van der Waals surface area contributed by atoms with Gasteiger partial charge in [0.15, 0.2) is 4.34 Å². The average Bonchev–Trinajstić information content (AvgIpc) is 3.44. The van der Waals surface area contributed by atoms with E-state index in [4.69, 9.17) is 4.42 Å². The zero-order valence-electron chi connectivity index (χ0n) is 15.4. The van der Waals surface area contributed by atoms with Gasteiger partial charge in [-0.1, -0.05) is 53.4 Å². The van der Waals surface area contributed by atoms with Crippen molar-refractivity contribution in [3.8, 4) is 0 Å². The van der Waals surface area contributed by atoms with Gasteiger partial charge in [0, 0.05) is 17.0 Å². The van der Waals surface area contributed by atoms with Gasteiger partial charge in [-0.3, -0.25) is 4.79 Å². The summed E-state index contributed by atoms with van der Waals surface area (Å²) >= 11 is 3.12. The molecule has 0 saturated carbocycles. The van der Waals surface area contributed by atoms with Gasteiger partial charge in [0.2, 0.25) is 5.13 Å². The highest BCUT2D eigenvalue weighted by Gasteiger charge is 2.08. The second-order valence-corrected chi connectivity index (χ2v) is 8.31. The van der Waals surface area contributed by atoms with E-state index in [1.54, 1.807) is 18.0 Å². The molecule has 4 aromatic rings. The van der Waals surface area contributed by atoms with Gasteiger partial charge in [-0.25, -0.2) is 0 Å². The molecule has 0 radical (unpaired) electrons. The third-order valence-electron chi connectivity index (χ3n) is 4.01. The number of carbonyl (C=O) groups is 1. The first-order valence-corrected chi connectivity index (χ1v) is 10.7. The second kappa shape index (κ2) is 9.40. The van der Waals surface area contributed by atoms with Crippen LogP contribution < -0.4 is 10.6 Å². The zero-order valence-corrected chi connectivity index (χ0v) is 17.0. The molecule has 0 fully saturated rings. The number of anilines is 2. The van der Waals surface area contributed by atoms with E-state index in [9.17, 15) is 4.79 Å². The molecule has 2 N–H and O–H groups in total. The summed E-state index contributed by atoms with van der Waals surface area (Å²) in [5, 5.41) is 15.2. The molecule has 6 nitrogen and oxygen atoms in total. The molecule has 0 aliphatic rings. The van der Waals surface area contributed by atoms with Crippen molar-refractivity contribution in [3.05, 3.63) is 89.9 Å². The third-order valence-corrected chi connectivity index (χ3v) is 6.10. The lowest BCUT2D eigenvalue weighted by atomic mass is 10.1. The second-order valence-electron chi connectivity index (χ2n) is 6.11. The molecule has 0 bridgehead atoms. The molecule has 0 aliphatic heterocycles. The first kappa shape index (κ1) is 19.2. The van der Waals surface area contributed by atoms with E-state index in [1.165, 1.54) is 11.3 Å². The number of rotatable bonds is 8. The lowest BCUT2D eigenvalue weighted by Crippen LogP contribution is -2.11. The van der Waals surface area contributed by atoms with Crippen LogP contribution in [0.3, 0.4) is 0 Å². The van der Waals surface area contributed by atoms with Crippen molar-refractivity contribution in [2.24, 2.45) is 0 Å². The molecule has 8 heteroatoms. The fraction of sp³-hybridized carbons (Fsp3) is 0.0952. The molecule has 0 saturated heterocycles. The summed E-state index contributed by atoms with van der Waals surface area (Å²) in [5.74, 6) is 1.49. The van der Waals surface area contributed by atoms with Crippen LogP contribution in [-0.4, -0.2) is 16.1 Å². The number of carbonyl (C=O) groups excluding carboxylic acids is 1. The van der Waals surface area contributed by atoms with Crippen LogP contribution in [0, 0.1) is 0 Å². The summed E-state index contributed by atoms with van der Waals surface area (Å²) in [4.78, 5) is 12.3. The molecule has 0 unspecified atom stereocenters. The summed E-state index contributed by atoms with van der Waals surface area (Å²) in [7, 11) is 0. The minimum atomic E-state index is -0.119. The Morgan fingerprint density at radius 2 is 1.83 bits per heavy atom. The van der Waals surface area contributed by atoms with Crippen molar-refractivity contribution in [1.82, 2.24) is 10.2 Å². The van der Waals surface area contributed by atoms with Gasteiger partial charge >= 0.3 is 0 Å². The first-order chi connectivity index (χ1) is 14.3. The average molecular weight is 423 g/mol. The van der Waals surface area contributed by atoms with Gasteiger partial charge < -0.3 is 15.1 Å². The molecule has 0 spiro atoms. The highest BCUT2D eigenvalue weighted by atomic mass is 32.2. The monoisotopic (exact) mass is 422 g/mol. The Bertz CT molecular complexity index is 1050. The maximum atomic E-state index is 12.3. The lowest BCUT2D eigenvalue weighted by Gasteiger charge is -2.06. The van der Waals surface area contributed by atoms with Crippen molar-refractivity contribution in [3.63, 3.8) is 0 Å². The molecule has 0 atom stereocenters. The number of aromatic nitrogens is 2. The van der Waals surface area contributed by atoms with Crippen LogP contribution in [0.25, 0.3) is 0 Å². The normalized spacial score (nSPS) is 10.6. The standard InChI is InChI=1S/C21H18N4O2S2/c26-19(23-17-5-2-1-3-6-17)16-10-8-15(9-11-16)14-28-21-25-24-20(29-21)22-13-18-7-4-12-27-18/h1-12H,13-14H2,(H,22,24)(H,23,26). The smallest absolute Gasteiger partial charge is 0.255 e. The van der Waals surface area contributed by atoms with Gasteiger partial charge in [0.25, 0.3) is 5.91 Å². The Morgan fingerprint density at radius 1 is 1.00 bits per heavy atom. The molecule has 29 heavy (non-hydrogen) atoms. The van der Waals surface area contributed by atoms with E-state index in [-0.39, 0.29) is 5.91 Å². The van der Waals surface area contributed by atoms with Crippen LogP contribution in [-0.2, 0) is 12.3 Å². The highest BCUT2D eigenvalue weighted by molar-refractivity contribution is 8.00. The number of para-hydroxylation sites is 1. The van der Waals surface area contributed by atoms with Crippen molar-refractivity contribution in [2.45, 2.75) is 16.6 Å². The maximum absolute atomic E-state index is 12.3. The summed E-state index contributed by atoms with van der Waals surface area (Å²) < 4.78 is 6.17. The number of hydrogen-bond acceptors (Lipinski definition) is 7. The molecule has 2 heterocycles. The van der Waals surface area contributed by atoms with Gasteiger partial charge in [-0.05, 0) is 42.0 Å². The highest BCUT2D eigenvalue weighted by Crippen LogP contribution is 2.28. The van der Waals surface area contributed by atoms with Gasteiger partial charge in [0.05, 0.1) is 12.8 Å². The van der Waals surface area contributed by atoms with Crippen LogP contribution in [0.4, 0.5) is 10.8 Å². The molecule has 0 aliphatic carbocycles. The molecule has 1 amide bonds. The van der Waals surface area contributed by atoms with E-state index >= 15 is 0 Å². The summed E-state index contributed by atoms with van der Waals surface area (Å²) in [6.07, 6.45) is 1.65. The van der Waals surface area contributed by atoms with Gasteiger partial charge in [-0.15, -0.1) is 10.2 Å². The maximum Gasteiger partial charge on any atom is 0.255 e. The van der Waals surface area contributed by atoms with Crippen LogP contribution in [0.5, 0.6) is 0 Å². The van der Waals surface area contributed by atoms with Crippen LogP contribution in [0.1, 0.15) is 21.7 Å². The minimum Gasteiger partial charge on any atom is -0.467 e. The number of nitrogens with one attached hydrogen (secondary N) is 2. The van der Waals surface area contributed by atoms with Crippen LogP contribution in [0.15, 0.2) is 81.8 Å². The molecule has 4 rings (SSSR count). The van der Waals surface area contributed by atoms with Crippen LogP contribution >= 0.6 is 23.1 Å².